The van der Waals surface area contributed by atoms with Crippen LogP contribution in [0.3, 0.4) is 0 Å². The molecule has 0 aliphatic carbocycles. The average Bonchev–Trinajstić information content (AvgIpc) is 3.46. The van der Waals surface area contributed by atoms with Gasteiger partial charge in [-0.15, -0.1) is 5.10 Å². The molecule has 0 fully saturated rings. The molecule has 1 N–H and O–H groups in total. The first-order chi connectivity index (χ1) is 13.3. The first-order valence-electron chi connectivity index (χ1n) is 8.73. The maximum atomic E-state index is 12.7. The zero-order valence-electron chi connectivity index (χ0n) is 14.6. The smallest absolute Gasteiger partial charge is 0.275 e. The molecule has 0 spiro atoms. The normalized spacial score (nSPS) is 10.8. The lowest BCUT2D eigenvalue weighted by Crippen LogP contribution is -2.27. The largest absolute Gasteiger partial charge is 0.350 e. The minimum atomic E-state index is -0.249. The van der Waals surface area contributed by atoms with E-state index in [4.69, 9.17) is 0 Å². The van der Waals surface area contributed by atoms with Gasteiger partial charge in [-0.1, -0.05) is 23.4 Å². The molecule has 27 heavy (non-hydrogen) atoms. The second-order valence-corrected chi connectivity index (χ2v) is 5.98. The molecule has 0 unspecified atom stereocenters. The van der Waals surface area contributed by atoms with Gasteiger partial charge in [0.2, 0.25) is 0 Å². The van der Waals surface area contributed by atoms with Gasteiger partial charge in [-0.25, -0.2) is 0 Å². The summed E-state index contributed by atoms with van der Waals surface area (Å²) in [6, 6.07) is 15.3. The topological polar surface area (TPSA) is 82.6 Å². The van der Waals surface area contributed by atoms with Crippen molar-refractivity contribution in [1.82, 2.24) is 34.7 Å². The van der Waals surface area contributed by atoms with Crippen molar-refractivity contribution < 1.29 is 4.79 Å². The number of aryl methyl sites for hydroxylation is 1. The molecule has 0 aliphatic rings. The second kappa shape index (κ2) is 7.69. The van der Waals surface area contributed by atoms with Crippen LogP contribution in [-0.2, 0) is 6.54 Å². The van der Waals surface area contributed by atoms with Crippen molar-refractivity contribution in [1.29, 1.82) is 0 Å². The Morgan fingerprint density at radius 2 is 1.81 bits per heavy atom. The van der Waals surface area contributed by atoms with E-state index in [0.717, 1.165) is 18.7 Å². The Hall–Kier alpha value is -3.68. The molecule has 3 aromatic heterocycles. The van der Waals surface area contributed by atoms with Crippen LogP contribution >= 0.6 is 0 Å². The van der Waals surface area contributed by atoms with Crippen LogP contribution in [0.25, 0.3) is 11.5 Å². The Morgan fingerprint density at radius 3 is 2.56 bits per heavy atom. The number of nitrogens with zero attached hydrogens (tertiary/aromatic N) is 6. The minimum absolute atomic E-state index is 0.249. The van der Waals surface area contributed by atoms with Crippen LogP contribution in [0.15, 0.2) is 73.3 Å². The predicted octanol–water partition coefficient (Wildman–Crippen LogP) is 2.07. The van der Waals surface area contributed by atoms with Crippen LogP contribution in [0.4, 0.5) is 0 Å². The number of carbonyl (C=O) groups is 1. The third-order valence-electron chi connectivity index (χ3n) is 4.12. The summed E-state index contributed by atoms with van der Waals surface area (Å²) >= 11 is 0. The summed E-state index contributed by atoms with van der Waals surface area (Å²) in [6.07, 6.45) is 8.15. The van der Waals surface area contributed by atoms with E-state index in [1.165, 1.54) is 0 Å². The van der Waals surface area contributed by atoms with E-state index >= 15 is 0 Å². The number of carbonyl (C=O) groups excluding carboxylic acids is 1. The Morgan fingerprint density at radius 1 is 1.00 bits per heavy atom. The van der Waals surface area contributed by atoms with Crippen LogP contribution in [-0.4, -0.2) is 41.8 Å². The van der Waals surface area contributed by atoms with Gasteiger partial charge in [-0.05, 0) is 36.8 Å². The van der Waals surface area contributed by atoms with Crippen LogP contribution in [0.5, 0.6) is 0 Å². The molecule has 4 rings (SSSR count). The van der Waals surface area contributed by atoms with Crippen molar-refractivity contribution in [3.05, 3.63) is 79.0 Å². The van der Waals surface area contributed by atoms with Crippen molar-refractivity contribution in [2.24, 2.45) is 0 Å². The zero-order chi connectivity index (χ0) is 18.5. The Balaban J connectivity index is 1.53. The fourth-order valence-corrected chi connectivity index (χ4v) is 2.83. The highest BCUT2D eigenvalue weighted by atomic mass is 16.2. The number of nitrogens with one attached hydrogen (secondary N) is 1. The fraction of sp³-hybridized carbons (Fsp3) is 0.158. The number of hydrogen-bond acceptors (Lipinski definition) is 4. The van der Waals surface area contributed by atoms with E-state index in [9.17, 15) is 4.79 Å². The summed E-state index contributed by atoms with van der Waals surface area (Å²) in [5.74, 6) is 0.358. The molecule has 136 valence electrons. The number of para-hydroxylation sites is 1. The van der Waals surface area contributed by atoms with Crippen molar-refractivity contribution in [2.75, 3.05) is 6.54 Å². The molecular formula is C19H19N7O. The van der Waals surface area contributed by atoms with Gasteiger partial charge in [0.1, 0.15) is 0 Å². The monoisotopic (exact) mass is 361 g/mol. The van der Waals surface area contributed by atoms with Gasteiger partial charge in [-0.3, -0.25) is 9.48 Å². The third-order valence-corrected chi connectivity index (χ3v) is 4.12. The zero-order valence-corrected chi connectivity index (χ0v) is 14.6. The number of amides is 1. The van der Waals surface area contributed by atoms with Crippen LogP contribution in [0.1, 0.15) is 16.9 Å². The van der Waals surface area contributed by atoms with Gasteiger partial charge >= 0.3 is 0 Å². The van der Waals surface area contributed by atoms with Gasteiger partial charge in [0.15, 0.2) is 11.5 Å². The highest BCUT2D eigenvalue weighted by Gasteiger charge is 2.21. The van der Waals surface area contributed by atoms with Crippen LogP contribution in [0, 0.1) is 0 Å². The van der Waals surface area contributed by atoms with Crippen LogP contribution in [0.2, 0.25) is 0 Å². The van der Waals surface area contributed by atoms with Crippen molar-refractivity contribution >= 4 is 5.91 Å². The standard InChI is InChI=1S/C19H19N7O/c27-18(20-10-6-14-25-15-7-11-21-25)17-19(24-12-4-5-13-24)26(23-22-17)16-8-2-1-3-9-16/h1-5,7-9,11-13,15H,6,10,14H2,(H,20,27). The lowest BCUT2D eigenvalue weighted by Gasteiger charge is -2.09. The summed E-state index contributed by atoms with van der Waals surface area (Å²) in [4.78, 5) is 12.7. The van der Waals surface area contributed by atoms with Gasteiger partial charge in [0.05, 0.1) is 5.69 Å². The van der Waals surface area contributed by atoms with Crippen molar-refractivity contribution in [2.45, 2.75) is 13.0 Å². The number of aromatic nitrogens is 6. The molecule has 4 aromatic rings. The molecule has 3 heterocycles. The molecule has 0 bridgehead atoms. The number of benzene rings is 1. The van der Waals surface area contributed by atoms with E-state index in [2.05, 4.69) is 20.7 Å². The molecule has 8 heteroatoms. The molecule has 1 aromatic carbocycles. The maximum absolute atomic E-state index is 12.7. The Bertz CT molecular complexity index is 988. The SMILES string of the molecule is O=C(NCCCn1cccn1)c1nnn(-c2ccccc2)c1-n1cccc1. The van der Waals surface area contributed by atoms with E-state index in [-0.39, 0.29) is 11.6 Å². The molecule has 0 radical (unpaired) electrons. The predicted molar refractivity (Wildman–Crippen MR) is 99.9 cm³/mol. The van der Waals surface area contributed by atoms with Gasteiger partial charge < -0.3 is 9.88 Å². The quantitative estimate of drug-likeness (QED) is 0.511. The highest BCUT2D eigenvalue weighted by molar-refractivity contribution is 5.95. The van der Waals surface area contributed by atoms with E-state index in [1.54, 1.807) is 10.9 Å². The second-order valence-electron chi connectivity index (χ2n) is 5.98. The van der Waals surface area contributed by atoms with Gasteiger partial charge in [0, 0.05) is 37.9 Å². The summed E-state index contributed by atoms with van der Waals surface area (Å²) in [5.41, 5.74) is 1.13. The van der Waals surface area contributed by atoms with Crippen molar-refractivity contribution in [3.8, 4) is 11.5 Å². The molecule has 0 saturated heterocycles. The molecular weight excluding hydrogens is 342 g/mol. The summed E-state index contributed by atoms with van der Waals surface area (Å²) in [6.45, 7) is 1.27. The molecule has 0 aliphatic heterocycles. The average molecular weight is 361 g/mol. The van der Waals surface area contributed by atoms with Gasteiger partial charge in [-0.2, -0.15) is 9.78 Å². The summed E-state index contributed by atoms with van der Waals surface area (Å²) < 4.78 is 5.34. The van der Waals surface area contributed by atoms with Gasteiger partial charge in [0.25, 0.3) is 5.91 Å². The highest BCUT2D eigenvalue weighted by Crippen LogP contribution is 2.17. The number of hydrogen-bond donors (Lipinski definition) is 1. The Labute approximate surface area is 156 Å². The van der Waals surface area contributed by atoms with E-state index < -0.39 is 0 Å². The van der Waals surface area contributed by atoms with Crippen LogP contribution < -0.4 is 5.32 Å². The van der Waals surface area contributed by atoms with E-state index in [0.29, 0.717) is 12.4 Å². The maximum Gasteiger partial charge on any atom is 0.275 e. The minimum Gasteiger partial charge on any atom is -0.350 e. The first kappa shape index (κ1) is 16.8. The Kier molecular flexibility index (Phi) is 4.78. The lowest BCUT2D eigenvalue weighted by molar-refractivity contribution is 0.0947. The lowest BCUT2D eigenvalue weighted by atomic mass is 10.3. The number of rotatable bonds is 7. The summed E-state index contributed by atoms with van der Waals surface area (Å²) in [7, 11) is 0. The van der Waals surface area contributed by atoms with Crippen molar-refractivity contribution in [3.63, 3.8) is 0 Å². The van der Waals surface area contributed by atoms with E-state index in [1.807, 2.05) is 76.4 Å². The molecule has 8 nitrogen and oxygen atoms in total. The molecule has 1 amide bonds. The fourth-order valence-electron chi connectivity index (χ4n) is 2.83. The molecule has 0 atom stereocenters. The summed E-state index contributed by atoms with van der Waals surface area (Å²) in [5, 5.41) is 15.4. The first-order valence-corrected chi connectivity index (χ1v) is 8.73. The molecule has 0 saturated carbocycles. The third kappa shape index (κ3) is 3.64.